The van der Waals surface area contributed by atoms with Gasteiger partial charge in [-0.1, -0.05) is 12.1 Å². The molecule has 1 aromatic heterocycles. The van der Waals surface area contributed by atoms with Gasteiger partial charge in [0.25, 0.3) is 0 Å². The van der Waals surface area contributed by atoms with Crippen LogP contribution in [0.5, 0.6) is 5.75 Å². The summed E-state index contributed by atoms with van der Waals surface area (Å²) in [6.45, 7) is 1.98. The minimum Gasteiger partial charge on any atom is -0.495 e. The quantitative estimate of drug-likeness (QED) is 0.714. The number of benzene rings is 2. The van der Waals surface area contributed by atoms with E-state index in [9.17, 15) is 0 Å². The SMILES string of the molecule is COc1ccccc1Nc1cc(C)nc2ccc(N)cc12. The van der Waals surface area contributed by atoms with E-state index in [0.717, 1.165) is 39.4 Å². The predicted octanol–water partition coefficient (Wildman–Crippen LogP) is 3.88. The fourth-order valence-corrected chi connectivity index (χ4v) is 2.37. The molecule has 1 heterocycles. The second-order valence-corrected chi connectivity index (χ2v) is 4.91. The van der Waals surface area contributed by atoms with Gasteiger partial charge in [0.1, 0.15) is 5.75 Å². The van der Waals surface area contributed by atoms with Crippen LogP contribution in [0.3, 0.4) is 0 Å². The first-order valence-electron chi connectivity index (χ1n) is 6.74. The van der Waals surface area contributed by atoms with Gasteiger partial charge in [0.05, 0.1) is 18.3 Å². The number of pyridine rings is 1. The van der Waals surface area contributed by atoms with E-state index in [4.69, 9.17) is 10.5 Å². The fourth-order valence-electron chi connectivity index (χ4n) is 2.37. The maximum absolute atomic E-state index is 5.90. The minimum absolute atomic E-state index is 0.719. The Morgan fingerprint density at radius 2 is 1.86 bits per heavy atom. The van der Waals surface area contributed by atoms with Gasteiger partial charge >= 0.3 is 0 Å². The summed E-state index contributed by atoms with van der Waals surface area (Å²) in [5.74, 6) is 0.795. The van der Waals surface area contributed by atoms with Crippen molar-refractivity contribution in [2.75, 3.05) is 18.2 Å². The summed E-state index contributed by atoms with van der Waals surface area (Å²) >= 11 is 0. The molecule has 0 aliphatic heterocycles. The van der Waals surface area contributed by atoms with Crippen LogP contribution >= 0.6 is 0 Å². The molecule has 21 heavy (non-hydrogen) atoms. The molecule has 2 aromatic carbocycles. The summed E-state index contributed by atoms with van der Waals surface area (Å²) in [6.07, 6.45) is 0. The van der Waals surface area contributed by atoms with E-state index < -0.39 is 0 Å². The van der Waals surface area contributed by atoms with Gasteiger partial charge in [-0.2, -0.15) is 0 Å². The van der Waals surface area contributed by atoms with Crippen LogP contribution in [0.15, 0.2) is 48.5 Å². The molecule has 4 heteroatoms. The van der Waals surface area contributed by atoms with Crippen LogP contribution in [-0.4, -0.2) is 12.1 Å². The largest absolute Gasteiger partial charge is 0.495 e. The highest BCUT2D eigenvalue weighted by atomic mass is 16.5. The molecule has 3 rings (SSSR count). The minimum atomic E-state index is 0.719. The predicted molar refractivity (Wildman–Crippen MR) is 87.2 cm³/mol. The van der Waals surface area contributed by atoms with E-state index in [2.05, 4.69) is 10.3 Å². The molecule has 0 unspecified atom stereocenters. The fraction of sp³-hybridized carbons (Fsp3) is 0.118. The maximum atomic E-state index is 5.90. The number of aryl methyl sites for hydroxylation is 1. The van der Waals surface area contributed by atoms with Crippen LogP contribution in [0.25, 0.3) is 10.9 Å². The zero-order valence-electron chi connectivity index (χ0n) is 12.1. The van der Waals surface area contributed by atoms with Gasteiger partial charge in [-0.25, -0.2) is 0 Å². The normalized spacial score (nSPS) is 10.6. The van der Waals surface area contributed by atoms with Gasteiger partial charge in [-0.05, 0) is 43.3 Å². The zero-order valence-corrected chi connectivity index (χ0v) is 12.1. The standard InChI is InChI=1S/C17H17N3O/c1-11-9-16(13-10-12(18)7-8-14(13)19-11)20-15-5-3-4-6-17(15)21-2/h3-10H,18H2,1-2H3,(H,19,20). The molecule has 0 saturated heterocycles. The first-order valence-corrected chi connectivity index (χ1v) is 6.74. The summed E-state index contributed by atoms with van der Waals surface area (Å²) in [5, 5.41) is 4.41. The number of hydrogen-bond acceptors (Lipinski definition) is 4. The molecule has 3 N–H and O–H groups in total. The highest BCUT2D eigenvalue weighted by Gasteiger charge is 2.07. The number of hydrogen-bond donors (Lipinski definition) is 2. The van der Waals surface area contributed by atoms with Crippen molar-refractivity contribution in [1.82, 2.24) is 4.98 Å². The highest BCUT2D eigenvalue weighted by molar-refractivity contribution is 5.95. The number of nitrogens with zero attached hydrogens (tertiary/aromatic N) is 1. The number of methoxy groups -OCH3 is 1. The van der Waals surface area contributed by atoms with E-state index in [-0.39, 0.29) is 0 Å². The molecule has 0 aliphatic carbocycles. The van der Waals surface area contributed by atoms with Crippen LogP contribution in [0, 0.1) is 6.92 Å². The molecule has 0 bridgehead atoms. The van der Waals surface area contributed by atoms with Gasteiger partial charge in [-0.15, -0.1) is 0 Å². The molecule has 0 radical (unpaired) electrons. The van der Waals surface area contributed by atoms with Gasteiger partial charge < -0.3 is 15.8 Å². The van der Waals surface area contributed by atoms with Crippen molar-refractivity contribution in [2.45, 2.75) is 6.92 Å². The second kappa shape index (κ2) is 5.32. The van der Waals surface area contributed by atoms with Crippen molar-refractivity contribution in [1.29, 1.82) is 0 Å². The molecule has 0 atom stereocenters. The summed E-state index contributed by atoms with van der Waals surface area (Å²) in [4.78, 5) is 4.53. The molecule has 3 aromatic rings. The Balaban J connectivity index is 2.13. The molecule has 4 nitrogen and oxygen atoms in total. The van der Waals surface area contributed by atoms with E-state index >= 15 is 0 Å². The third-order valence-electron chi connectivity index (χ3n) is 3.34. The third-order valence-corrected chi connectivity index (χ3v) is 3.34. The molecule has 0 amide bonds. The topological polar surface area (TPSA) is 60.2 Å². The van der Waals surface area contributed by atoms with Crippen LogP contribution in [0.4, 0.5) is 17.1 Å². The number of nitrogen functional groups attached to an aromatic ring is 1. The van der Waals surface area contributed by atoms with Gasteiger partial charge in [0.15, 0.2) is 0 Å². The van der Waals surface area contributed by atoms with Crippen molar-refractivity contribution >= 4 is 28.0 Å². The van der Waals surface area contributed by atoms with Crippen LogP contribution < -0.4 is 15.8 Å². The Bertz CT molecular complexity index is 799. The summed E-state index contributed by atoms with van der Waals surface area (Å²) in [5.41, 5.74) is 10.4. The lowest BCUT2D eigenvalue weighted by atomic mass is 10.1. The van der Waals surface area contributed by atoms with Crippen molar-refractivity contribution in [3.05, 3.63) is 54.2 Å². The van der Waals surface area contributed by atoms with Crippen molar-refractivity contribution in [3.8, 4) is 5.75 Å². The average molecular weight is 279 g/mol. The van der Waals surface area contributed by atoms with Crippen molar-refractivity contribution < 1.29 is 4.74 Å². The molecule has 106 valence electrons. The van der Waals surface area contributed by atoms with Crippen LogP contribution in [0.2, 0.25) is 0 Å². The number of fused-ring (bicyclic) bond motifs is 1. The van der Waals surface area contributed by atoms with E-state index in [1.54, 1.807) is 7.11 Å². The van der Waals surface area contributed by atoms with Crippen molar-refractivity contribution in [2.24, 2.45) is 0 Å². The molecular formula is C17H17N3O. The second-order valence-electron chi connectivity index (χ2n) is 4.91. The Hall–Kier alpha value is -2.75. The summed E-state index contributed by atoms with van der Waals surface area (Å²) < 4.78 is 5.38. The number of nitrogens with two attached hydrogens (primary N) is 1. The van der Waals surface area contributed by atoms with Crippen LogP contribution in [0.1, 0.15) is 5.69 Å². The first-order chi connectivity index (χ1) is 10.2. The number of ether oxygens (including phenoxy) is 1. The Labute approximate surface area is 123 Å². The van der Waals surface area contributed by atoms with Crippen LogP contribution in [-0.2, 0) is 0 Å². The average Bonchev–Trinajstić information content (AvgIpc) is 2.48. The van der Waals surface area contributed by atoms with Crippen molar-refractivity contribution in [3.63, 3.8) is 0 Å². The van der Waals surface area contributed by atoms with Gasteiger partial charge in [-0.3, -0.25) is 4.98 Å². The molecule has 0 fully saturated rings. The first kappa shape index (κ1) is 13.2. The monoisotopic (exact) mass is 279 g/mol. The van der Waals surface area contributed by atoms with E-state index in [0.29, 0.717) is 0 Å². The zero-order chi connectivity index (χ0) is 14.8. The van der Waals surface area contributed by atoms with Gasteiger partial charge in [0.2, 0.25) is 0 Å². The summed E-state index contributed by atoms with van der Waals surface area (Å²) in [7, 11) is 1.66. The smallest absolute Gasteiger partial charge is 0.142 e. The Morgan fingerprint density at radius 1 is 1.05 bits per heavy atom. The molecule has 0 saturated carbocycles. The Kier molecular flexibility index (Phi) is 3.36. The number of anilines is 3. The number of nitrogens with one attached hydrogen (secondary N) is 1. The molecule has 0 aliphatic rings. The number of rotatable bonds is 3. The summed E-state index contributed by atoms with van der Waals surface area (Å²) in [6, 6.07) is 15.5. The lowest BCUT2D eigenvalue weighted by molar-refractivity contribution is 0.417. The number of aromatic nitrogens is 1. The number of para-hydroxylation sites is 2. The van der Waals surface area contributed by atoms with Gasteiger partial charge in [0, 0.05) is 22.5 Å². The maximum Gasteiger partial charge on any atom is 0.142 e. The highest BCUT2D eigenvalue weighted by Crippen LogP contribution is 2.32. The van der Waals surface area contributed by atoms with E-state index in [1.165, 1.54) is 0 Å². The third kappa shape index (κ3) is 2.60. The molecular weight excluding hydrogens is 262 g/mol. The molecule has 0 spiro atoms. The Morgan fingerprint density at radius 3 is 2.67 bits per heavy atom. The lowest BCUT2D eigenvalue weighted by Crippen LogP contribution is -1.97. The van der Waals surface area contributed by atoms with E-state index in [1.807, 2.05) is 55.5 Å². The lowest BCUT2D eigenvalue weighted by Gasteiger charge is -2.14.